The summed E-state index contributed by atoms with van der Waals surface area (Å²) in [6, 6.07) is 7.47. The summed E-state index contributed by atoms with van der Waals surface area (Å²) in [5, 5.41) is 0.907. The van der Waals surface area contributed by atoms with Crippen molar-refractivity contribution in [1.82, 2.24) is 4.98 Å². The number of carbonyl (C=O) groups excluding carboxylic acids is 1. The minimum Gasteiger partial charge on any atom is -0.463 e. The Balaban J connectivity index is 2.05. The Bertz CT molecular complexity index is 495. The van der Waals surface area contributed by atoms with Crippen LogP contribution in [0, 0.1) is 0 Å². The molecule has 17 heavy (non-hydrogen) atoms. The van der Waals surface area contributed by atoms with Gasteiger partial charge in [0.1, 0.15) is 0 Å². The van der Waals surface area contributed by atoms with E-state index in [1.807, 2.05) is 18.2 Å². The Morgan fingerprint density at radius 1 is 1.47 bits per heavy atom. The van der Waals surface area contributed by atoms with Crippen LogP contribution in [0.25, 0.3) is 0 Å². The van der Waals surface area contributed by atoms with E-state index < -0.39 is 5.97 Å². The van der Waals surface area contributed by atoms with E-state index in [9.17, 15) is 4.79 Å². The van der Waals surface area contributed by atoms with Gasteiger partial charge in [-0.05, 0) is 18.2 Å². The number of carbonyl (C=O) groups is 1. The highest BCUT2D eigenvalue weighted by Crippen LogP contribution is 2.23. The number of methoxy groups -OCH3 is 1. The van der Waals surface area contributed by atoms with Gasteiger partial charge in [0.15, 0.2) is 0 Å². The molecule has 0 radical (unpaired) electrons. The molecule has 2 rings (SSSR count). The van der Waals surface area contributed by atoms with Crippen LogP contribution in [0.5, 0.6) is 0 Å². The predicted octanol–water partition coefficient (Wildman–Crippen LogP) is 2.75. The molecule has 0 spiro atoms. The molecular weight excluding hydrogens is 238 g/mol. The van der Waals surface area contributed by atoms with E-state index in [1.54, 1.807) is 24.0 Å². The summed E-state index contributed by atoms with van der Waals surface area (Å²) in [5.41, 5.74) is 0.813. The number of thioether (sulfide) groups is 1. The zero-order valence-corrected chi connectivity index (χ0v) is 10.1. The van der Waals surface area contributed by atoms with Crippen molar-refractivity contribution in [1.29, 1.82) is 0 Å². The number of pyridine rings is 1. The van der Waals surface area contributed by atoms with Crippen LogP contribution in [0.2, 0.25) is 0 Å². The molecule has 0 aliphatic rings. The van der Waals surface area contributed by atoms with Gasteiger partial charge in [-0.3, -0.25) is 0 Å². The fourth-order valence-electron chi connectivity index (χ4n) is 1.31. The lowest BCUT2D eigenvalue weighted by molar-refractivity contribution is 0.0564. The van der Waals surface area contributed by atoms with Crippen molar-refractivity contribution >= 4 is 17.7 Å². The third kappa shape index (κ3) is 2.88. The molecule has 0 aliphatic carbocycles. The van der Waals surface area contributed by atoms with Gasteiger partial charge in [0.05, 0.1) is 18.4 Å². The molecule has 4 nitrogen and oxygen atoms in total. The SMILES string of the molecule is COC(=O)c1occc1CSc1ccccn1. The maximum atomic E-state index is 11.4. The predicted molar refractivity (Wildman–Crippen MR) is 63.8 cm³/mol. The topological polar surface area (TPSA) is 52.3 Å². The molecule has 0 unspecified atom stereocenters. The Morgan fingerprint density at radius 2 is 2.35 bits per heavy atom. The van der Waals surface area contributed by atoms with Gasteiger partial charge in [-0.15, -0.1) is 11.8 Å². The Hall–Kier alpha value is -1.75. The lowest BCUT2D eigenvalue weighted by atomic mass is 10.3. The van der Waals surface area contributed by atoms with Gasteiger partial charge in [0.2, 0.25) is 5.76 Å². The van der Waals surface area contributed by atoms with E-state index in [1.165, 1.54) is 13.4 Å². The van der Waals surface area contributed by atoms with Crippen molar-refractivity contribution in [2.24, 2.45) is 0 Å². The maximum absolute atomic E-state index is 11.4. The Morgan fingerprint density at radius 3 is 3.06 bits per heavy atom. The molecule has 5 heteroatoms. The number of hydrogen-bond acceptors (Lipinski definition) is 5. The molecule has 0 bridgehead atoms. The van der Waals surface area contributed by atoms with Crippen molar-refractivity contribution in [3.63, 3.8) is 0 Å². The van der Waals surface area contributed by atoms with Crippen LogP contribution in [-0.2, 0) is 10.5 Å². The molecule has 2 aromatic heterocycles. The summed E-state index contributed by atoms with van der Waals surface area (Å²) in [7, 11) is 1.33. The zero-order chi connectivity index (χ0) is 12.1. The summed E-state index contributed by atoms with van der Waals surface area (Å²) < 4.78 is 9.73. The van der Waals surface area contributed by atoms with E-state index in [0.29, 0.717) is 5.75 Å². The second-order valence-electron chi connectivity index (χ2n) is 3.22. The van der Waals surface area contributed by atoms with Crippen molar-refractivity contribution in [2.75, 3.05) is 7.11 Å². The first-order chi connectivity index (χ1) is 8.31. The number of aromatic nitrogens is 1. The van der Waals surface area contributed by atoms with Crippen LogP contribution >= 0.6 is 11.8 Å². The Labute approximate surface area is 103 Å². The summed E-state index contributed by atoms with van der Waals surface area (Å²) in [5.74, 6) is 0.431. The van der Waals surface area contributed by atoms with Crippen LogP contribution < -0.4 is 0 Å². The van der Waals surface area contributed by atoms with Crippen molar-refractivity contribution in [3.8, 4) is 0 Å². The monoisotopic (exact) mass is 249 g/mol. The first-order valence-corrected chi connectivity index (χ1v) is 5.98. The van der Waals surface area contributed by atoms with Gasteiger partial charge in [-0.25, -0.2) is 9.78 Å². The highest BCUT2D eigenvalue weighted by molar-refractivity contribution is 7.98. The molecule has 88 valence electrons. The normalized spacial score (nSPS) is 10.2. The van der Waals surface area contributed by atoms with Crippen molar-refractivity contribution in [3.05, 3.63) is 48.0 Å². The number of nitrogens with zero attached hydrogens (tertiary/aromatic N) is 1. The number of furan rings is 1. The summed E-state index contributed by atoms with van der Waals surface area (Å²) >= 11 is 1.54. The van der Waals surface area contributed by atoms with Crippen LogP contribution in [0.4, 0.5) is 0 Å². The van der Waals surface area contributed by atoms with Gasteiger partial charge in [-0.1, -0.05) is 6.07 Å². The molecule has 0 fully saturated rings. The van der Waals surface area contributed by atoms with Crippen LogP contribution in [0.15, 0.2) is 46.2 Å². The summed E-state index contributed by atoms with van der Waals surface area (Å²) in [6.07, 6.45) is 3.22. The van der Waals surface area contributed by atoms with E-state index in [2.05, 4.69) is 9.72 Å². The molecule has 0 amide bonds. The molecule has 0 atom stereocenters. The highest BCUT2D eigenvalue weighted by Gasteiger charge is 2.15. The second-order valence-corrected chi connectivity index (χ2v) is 4.22. The van der Waals surface area contributed by atoms with Crippen molar-refractivity contribution in [2.45, 2.75) is 10.8 Å². The molecule has 0 aliphatic heterocycles. The lowest BCUT2D eigenvalue weighted by Crippen LogP contribution is -2.02. The van der Waals surface area contributed by atoms with Crippen LogP contribution in [0.3, 0.4) is 0 Å². The number of hydrogen-bond donors (Lipinski definition) is 0. The summed E-state index contributed by atoms with van der Waals surface area (Å²) in [6.45, 7) is 0. The molecule has 0 saturated carbocycles. The van der Waals surface area contributed by atoms with Gasteiger partial charge >= 0.3 is 5.97 Å². The van der Waals surface area contributed by atoms with Crippen LogP contribution in [0.1, 0.15) is 16.1 Å². The number of ether oxygens (including phenoxy) is 1. The van der Waals surface area contributed by atoms with Gasteiger partial charge in [0, 0.05) is 17.5 Å². The van der Waals surface area contributed by atoms with E-state index in [0.717, 1.165) is 10.6 Å². The largest absolute Gasteiger partial charge is 0.463 e. The average Bonchev–Trinajstić information content (AvgIpc) is 2.85. The molecule has 0 N–H and O–H groups in total. The summed E-state index contributed by atoms with van der Waals surface area (Å²) in [4.78, 5) is 15.6. The third-order valence-corrected chi connectivity index (χ3v) is 3.12. The quantitative estimate of drug-likeness (QED) is 0.616. The molecular formula is C12H11NO3S. The van der Waals surface area contributed by atoms with Gasteiger partial charge in [0.25, 0.3) is 0 Å². The number of esters is 1. The fraction of sp³-hybridized carbons (Fsp3) is 0.167. The first kappa shape index (κ1) is 11.7. The minimum atomic E-state index is -0.452. The minimum absolute atomic E-state index is 0.260. The van der Waals surface area contributed by atoms with E-state index >= 15 is 0 Å². The third-order valence-electron chi connectivity index (χ3n) is 2.13. The number of rotatable bonds is 4. The van der Waals surface area contributed by atoms with Crippen molar-refractivity contribution < 1.29 is 13.9 Å². The zero-order valence-electron chi connectivity index (χ0n) is 9.25. The molecule has 0 saturated heterocycles. The van der Waals surface area contributed by atoms with Crippen LogP contribution in [-0.4, -0.2) is 18.1 Å². The van der Waals surface area contributed by atoms with E-state index in [-0.39, 0.29) is 5.76 Å². The first-order valence-electron chi connectivity index (χ1n) is 5.00. The standard InChI is InChI=1S/C12H11NO3S/c1-15-12(14)11-9(5-7-16-11)8-17-10-4-2-3-6-13-10/h2-7H,8H2,1H3. The van der Waals surface area contributed by atoms with Gasteiger partial charge < -0.3 is 9.15 Å². The molecule has 2 aromatic rings. The highest BCUT2D eigenvalue weighted by atomic mass is 32.2. The Kier molecular flexibility index (Phi) is 3.82. The fourth-order valence-corrected chi connectivity index (χ4v) is 2.15. The smallest absolute Gasteiger partial charge is 0.374 e. The maximum Gasteiger partial charge on any atom is 0.374 e. The molecule has 2 heterocycles. The van der Waals surface area contributed by atoms with E-state index in [4.69, 9.17) is 4.42 Å². The second kappa shape index (κ2) is 5.54. The molecule has 0 aromatic carbocycles. The lowest BCUT2D eigenvalue weighted by Gasteiger charge is -2.00. The average molecular weight is 249 g/mol. The van der Waals surface area contributed by atoms with Gasteiger partial charge in [-0.2, -0.15) is 0 Å².